The Hall–Kier alpha value is -2.04. The molecule has 0 radical (unpaired) electrons. The first kappa shape index (κ1) is 18.3. The number of fused-ring (bicyclic) bond motifs is 1. The Balaban J connectivity index is 2.03. The number of rotatable bonds is 7. The minimum absolute atomic E-state index is 0.0346. The van der Waals surface area contributed by atoms with Crippen LogP contribution in [0.2, 0.25) is 0 Å². The summed E-state index contributed by atoms with van der Waals surface area (Å²) in [7, 11) is 0. The predicted octanol–water partition coefficient (Wildman–Crippen LogP) is 2.94. The zero-order valence-electron chi connectivity index (χ0n) is 15.1. The Morgan fingerprint density at radius 1 is 1.17 bits per heavy atom. The van der Waals surface area contributed by atoms with Crippen LogP contribution in [-0.4, -0.2) is 43.0 Å². The quantitative estimate of drug-likeness (QED) is 0.771. The summed E-state index contributed by atoms with van der Waals surface area (Å²) in [6.45, 7) is 10.4. The average molecular weight is 332 g/mol. The minimum atomic E-state index is -0.0965. The van der Waals surface area contributed by atoms with Gasteiger partial charge < -0.3 is 14.5 Å². The molecule has 1 heterocycles. The number of anilines is 1. The first-order valence-corrected chi connectivity index (χ1v) is 8.68. The van der Waals surface area contributed by atoms with E-state index in [2.05, 4.69) is 27.7 Å². The topological polar surface area (TPSA) is 49.9 Å². The van der Waals surface area contributed by atoms with E-state index in [1.807, 2.05) is 29.2 Å². The van der Waals surface area contributed by atoms with Crippen molar-refractivity contribution in [2.45, 2.75) is 34.1 Å². The zero-order chi connectivity index (χ0) is 17.7. The Morgan fingerprint density at radius 3 is 2.42 bits per heavy atom. The van der Waals surface area contributed by atoms with Crippen molar-refractivity contribution >= 4 is 17.5 Å². The third kappa shape index (κ3) is 4.73. The van der Waals surface area contributed by atoms with Crippen LogP contribution < -0.4 is 9.64 Å². The Kier molecular flexibility index (Phi) is 6.23. The molecule has 1 aliphatic rings. The van der Waals surface area contributed by atoms with Gasteiger partial charge in [0.05, 0.1) is 5.69 Å². The van der Waals surface area contributed by atoms with Gasteiger partial charge in [0.25, 0.3) is 5.91 Å². The number of benzene rings is 1. The summed E-state index contributed by atoms with van der Waals surface area (Å²) >= 11 is 0. The number of hydrogen-bond acceptors (Lipinski definition) is 3. The van der Waals surface area contributed by atoms with Gasteiger partial charge in [0.2, 0.25) is 5.91 Å². The van der Waals surface area contributed by atoms with Gasteiger partial charge >= 0.3 is 0 Å². The van der Waals surface area contributed by atoms with Gasteiger partial charge in [0, 0.05) is 26.1 Å². The second-order valence-electron chi connectivity index (χ2n) is 7.14. The van der Waals surface area contributed by atoms with Gasteiger partial charge in [-0.3, -0.25) is 9.59 Å². The lowest BCUT2D eigenvalue weighted by Gasteiger charge is -2.31. The van der Waals surface area contributed by atoms with Crippen LogP contribution in [0.4, 0.5) is 5.69 Å². The van der Waals surface area contributed by atoms with Crippen LogP contribution in [0.25, 0.3) is 0 Å². The lowest BCUT2D eigenvalue weighted by molar-refractivity contribution is -0.132. The molecule has 0 unspecified atom stereocenters. The summed E-state index contributed by atoms with van der Waals surface area (Å²) in [4.78, 5) is 28.4. The molecule has 0 saturated heterocycles. The largest absolute Gasteiger partial charge is 0.482 e. The molecule has 0 spiro atoms. The highest BCUT2D eigenvalue weighted by Gasteiger charge is 2.26. The van der Waals surface area contributed by atoms with E-state index in [1.165, 1.54) is 0 Å². The van der Waals surface area contributed by atoms with Crippen LogP contribution in [0.5, 0.6) is 5.75 Å². The molecule has 0 atom stereocenters. The molecule has 0 bridgehead atoms. The lowest BCUT2D eigenvalue weighted by Crippen LogP contribution is -2.43. The number of hydrogen-bond donors (Lipinski definition) is 0. The van der Waals surface area contributed by atoms with Gasteiger partial charge in [-0.1, -0.05) is 39.8 Å². The van der Waals surface area contributed by atoms with Crippen molar-refractivity contribution in [3.63, 3.8) is 0 Å². The molecule has 132 valence electrons. The van der Waals surface area contributed by atoms with Crippen LogP contribution in [0.3, 0.4) is 0 Å². The van der Waals surface area contributed by atoms with Gasteiger partial charge in [-0.2, -0.15) is 0 Å². The molecule has 2 amide bonds. The van der Waals surface area contributed by atoms with E-state index in [-0.39, 0.29) is 18.4 Å². The maximum atomic E-state index is 12.6. The first-order chi connectivity index (χ1) is 11.4. The second-order valence-corrected chi connectivity index (χ2v) is 7.14. The number of nitrogens with zero attached hydrogens (tertiary/aromatic N) is 2. The van der Waals surface area contributed by atoms with Gasteiger partial charge in [-0.15, -0.1) is 0 Å². The molecule has 0 saturated carbocycles. The molecular weight excluding hydrogens is 304 g/mol. The molecule has 0 fully saturated rings. The molecule has 0 aliphatic carbocycles. The van der Waals surface area contributed by atoms with Crippen molar-refractivity contribution in [3.8, 4) is 5.75 Å². The average Bonchev–Trinajstić information content (AvgIpc) is 2.52. The number of amides is 2. The molecule has 1 aromatic carbocycles. The highest BCUT2D eigenvalue weighted by molar-refractivity contribution is 5.98. The number of para-hydroxylation sites is 2. The highest BCUT2D eigenvalue weighted by atomic mass is 16.5. The van der Waals surface area contributed by atoms with Crippen molar-refractivity contribution in [1.82, 2.24) is 4.90 Å². The van der Waals surface area contributed by atoms with Crippen molar-refractivity contribution < 1.29 is 14.3 Å². The molecular formula is C19H28N2O3. The second kappa shape index (κ2) is 8.18. The molecule has 1 aliphatic heterocycles. The smallest absolute Gasteiger partial charge is 0.265 e. The molecule has 2 rings (SSSR count). The van der Waals surface area contributed by atoms with Crippen LogP contribution in [0, 0.1) is 11.8 Å². The maximum Gasteiger partial charge on any atom is 0.265 e. The van der Waals surface area contributed by atoms with E-state index >= 15 is 0 Å². The van der Waals surface area contributed by atoms with E-state index in [9.17, 15) is 9.59 Å². The fourth-order valence-corrected chi connectivity index (χ4v) is 2.92. The molecule has 1 aromatic rings. The normalized spacial score (nSPS) is 13.9. The zero-order valence-corrected chi connectivity index (χ0v) is 15.1. The molecule has 24 heavy (non-hydrogen) atoms. The summed E-state index contributed by atoms with van der Waals surface area (Å²) in [5.74, 6) is 1.57. The van der Waals surface area contributed by atoms with Gasteiger partial charge in [-0.05, 0) is 24.0 Å². The van der Waals surface area contributed by atoms with Crippen molar-refractivity contribution in [2.24, 2.45) is 11.8 Å². The van der Waals surface area contributed by atoms with Crippen molar-refractivity contribution in [2.75, 3.05) is 31.1 Å². The van der Waals surface area contributed by atoms with Crippen LogP contribution in [-0.2, 0) is 9.59 Å². The minimum Gasteiger partial charge on any atom is -0.482 e. The summed E-state index contributed by atoms with van der Waals surface area (Å²) in [5, 5.41) is 0. The fraction of sp³-hybridized carbons (Fsp3) is 0.579. The highest BCUT2D eigenvalue weighted by Crippen LogP contribution is 2.31. The molecule has 5 nitrogen and oxygen atoms in total. The van der Waals surface area contributed by atoms with E-state index in [0.29, 0.717) is 30.6 Å². The Bertz CT molecular complexity index is 574. The van der Waals surface area contributed by atoms with Crippen molar-refractivity contribution in [1.29, 1.82) is 0 Å². The van der Waals surface area contributed by atoms with Crippen LogP contribution in [0.15, 0.2) is 24.3 Å². The summed E-state index contributed by atoms with van der Waals surface area (Å²) in [5.41, 5.74) is 0.751. The standard InChI is InChI=1S/C19H28N2O3/c1-14(2)11-20(12-15(3)4)18(22)9-10-21-16-7-5-6-8-17(16)24-13-19(21)23/h5-8,14-15H,9-13H2,1-4H3. The predicted molar refractivity (Wildman–Crippen MR) is 95.2 cm³/mol. The van der Waals surface area contributed by atoms with E-state index in [1.54, 1.807) is 4.90 Å². The summed E-state index contributed by atoms with van der Waals surface area (Å²) < 4.78 is 5.44. The lowest BCUT2D eigenvalue weighted by atomic mass is 10.1. The maximum absolute atomic E-state index is 12.6. The number of ether oxygens (including phenoxy) is 1. The monoisotopic (exact) mass is 332 g/mol. The molecule has 0 N–H and O–H groups in total. The summed E-state index contributed by atoms with van der Waals surface area (Å²) in [6.07, 6.45) is 0.333. The third-order valence-corrected chi connectivity index (χ3v) is 3.88. The van der Waals surface area contributed by atoms with Crippen molar-refractivity contribution in [3.05, 3.63) is 24.3 Å². The number of carbonyl (C=O) groups is 2. The first-order valence-electron chi connectivity index (χ1n) is 8.68. The van der Waals surface area contributed by atoms with Crippen LogP contribution >= 0.6 is 0 Å². The van der Waals surface area contributed by atoms with E-state index < -0.39 is 0 Å². The Labute approximate surface area is 144 Å². The van der Waals surface area contributed by atoms with Crippen LogP contribution in [0.1, 0.15) is 34.1 Å². The SMILES string of the molecule is CC(C)CN(CC(C)C)C(=O)CCN1C(=O)COc2ccccc21. The molecule has 5 heteroatoms. The van der Waals surface area contributed by atoms with Gasteiger partial charge in [0.15, 0.2) is 6.61 Å². The number of carbonyl (C=O) groups excluding carboxylic acids is 2. The van der Waals surface area contributed by atoms with Gasteiger partial charge in [0.1, 0.15) is 5.75 Å². The van der Waals surface area contributed by atoms with E-state index in [0.717, 1.165) is 18.8 Å². The third-order valence-electron chi connectivity index (χ3n) is 3.88. The Morgan fingerprint density at radius 2 is 1.79 bits per heavy atom. The molecule has 0 aromatic heterocycles. The fourth-order valence-electron chi connectivity index (χ4n) is 2.92. The van der Waals surface area contributed by atoms with Gasteiger partial charge in [-0.25, -0.2) is 0 Å². The van der Waals surface area contributed by atoms with E-state index in [4.69, 9.17) is 4.74 Å². The summed E-state index contributed by atoms with van der Waals surface area (Å²) in [6, 6.07) is 7.46.